The Morgan fingerprint density at radius 1 is 1.07 bits per heavy atom. The molecule has 30 heavy (non-hydrogen) atoms. The second-order valence-corrected chi connectivity index (χ2v) is 7.53. The zero-order chi connectivity index (χ0) is 22.1. The Kier molecular flexibility index (Phi) is 9.05. The van der Waals surface area contributed by atoms with Crippen LogP contribution < -0.4 is 0 Å². The first kappa shape index (κ1) is 23.6. The highest BCUT2D eigenvalue weighted by molar-refractivity contribution is 6.02. The molecular weight excluding hydrogens is 388 g/mol. The van der Waals surface area contributed by atoms with Gasteiger partial charge in [0.1, 0.15) is 17.1 Å². The Morgan fingerprint density at radius 3 is 2.40 bits per heavy atom. The Labute approximate surface area is 176 Å². The third kappa shape index (κ3) is 5.69. The van der Waals surface area contributed by atoms with E-state index in [9.17, 15) is 29.7 Å². The minimum Gasteiger partial charge on any atom is -0.507 e. The van der Waals surface area contributed by atoms with Gasteiger partial charge in [-0.15, -0.1) is 0 Å². The molecule has 7 heteroatoms. The molecule has 0 amide bonds. The molecule has 0 aromatic heterocycles. The van der Waals surface area contributed by atoms with Crippen molar-refractivity contribution in [1.82, 2.24) is 0 Å². The number of aromatic hydroxyl groups is 2. The van der Waals surface area contributed by atoms with E-state index in [1.54, 1.807) is 0 Å². The van der Waals surface area contributed by atoms with Crippen LogP contribution in [0.2, 0.25) is 0 Å². The number of hydrogen-bond acceptors (Lipinski definition) is 7. The number of benzene rings is 1. The zero-order valence-corrected chi connectivity index (χ0v) is 17.4. The summed E-state index contributed by atoms with van der Waals surface area (Å²) in [4.78, 5) is 35.3. The van der Waals surface area contributed by atoms with Crippen molar-refractivity contribution in [3.63, 3.8) is 0 Å². The number of carbonyl (C=O) groups excluding carboxylic acids is 3. The fraction of sp³-hybridized carbons (Fsp3) is 0.522. The van der Waals surface area contributed by atoms with E-state index in [2.05, 4.69) is 11.7 Å². The summed E-state index contributed by atoms with van der Waals surface area (Å²) in [6.07, 6.45) is 11.0. The highest BCUT2D eigenvalue weighted by atomic mass is 16.6. The SMILES string of the molecule is CCCCCCCCC/C=C/C(=O)CCc1c(O)c(C=O)c2c(c1O)C(=O)O[C@@H]2O. The number of ether oxygens (including phenoxy) is 1. The second-order valence-electron chi connectivity index (χ2n) is 7.53. The molecule has 0 fully saturated rings. The monoisotopic (exact) mass is 418 g/mol. The third-order valence-electron chi connectivity index (χ3n) is 5.31. The maximum absolute atomic E-state index is 12.1. The molecule has 0 radical (unpaired) electrons. The Bertz CT molecular complexity index is 811. The van der Waals surface area contributed by atoms with Gasteiger partial charge in [0.25, 0.3) is 0 Å². The van der Waals surface area contributed by atoms with Crippen molar-refractivity contribution in [3.05, 3.63) is 34.4 Å². The van der Waals surface area contributed by atoms with E-state index in [0.717, 1.165) is 19.3 Å². The van der Waals surface area contributed by atoms with Crippen LogP contribution in [-0.2, 0) is 16.0 Å². The van der Waals surface area contributed by atoms with E-state index < -0.39 is 23.8 Å². The summed E-state index contributed by atoms with van der Waals surface area (Å²) in [7, 11) is 0. The van der Waals surface area contributed by atoms with Gasteiger partial charge in [0, 0.05) is 12.0 Å². The summed E-state index contributed by atoms with van der Waals surface area (Å²) in [6, 6.07) is 0. The van der Waals surface area contributed by atoms with Crippen LogP contribution in [-0.4, -0.2) is 33.4 Å². The first-order chi connectivity index (χ1) is 14.4. The van der Waals surface area contributed by atoms with Crippen LogP contribution in [0.5, 0.6) is 11.5 Å². The molecule has 0 aliphatic carbocycles. The molecule has 0 saturated carbocycles. The first-order valence-corrected chi connectivity index (χ1v) is 10.6. The van der Waals surface area contributed by atoms with Gasteiger partial charge < -0.3 is 20.1 Å². The number of allylic oxidation sites excluding steroid dienone is 2. The summed E-state index contributed by atoms with van der Waals surface area (Å²) in [6.45, 7) is 2.19. The quantitative estimate of drug-likeness (QED) is 0.189. The number of hydrogen-bond donors (Lipinski definition) is 3. The zero-order valence-electron chi connectivity index (χ0n) is 17.4. The first-order valence-electron chi connectivity index (χ1n) is 10.6. The van der Waals surface area contributed by atoms with Crippen LogP contribution in [0.1, 0.15) is 103 Å². The number of phenols is 2. The minimum atomic E-state index is -1.73. The van der Waals surface area contributed by atoms with Gasteiger partial charge in [0.15, 0.2) is 12.1 Å². The van der Waals surface area contributed by atoms with Crippen molar-refractivity contribution in [2.24, 2.45) is 0 Å². The van der Waals surface area contributed by atoms with Gasteiger partial charge in [-0.1, -0.05) is 51.5 Å². The van der Waals surface area contributed by atoms with Crippen LogP contribution in [0, 0.1) is 0 Å². The highest BCUT2D eigenvalue weighted by Gasteiger charge is 2.38. The summed E-state index contributed by atoms with van der Waals surface area (Å²) in [5.74, 6) is -2.30. The van der Waals surface area contributed by atoms with Crippen LogP contribution >= 0.6 is 0 Å². The Morgan fingerprint density at radius 2 is 1.73 bits per heavy atom. The van der Waals surface area contributed by atoms with Gasteiger partial charge >= 0.3 is 5.97 Å². The molecule has 1 aliphatic rings. The summed E-state index contributed by atoms with van der Waals surface area (Å²) in [5, 5.41) is 30.4. The van der Waals surface area contributed by atoms with E-state index in [1.807, 2.05) is 6.08 Å². The molecule has 2 rings (SSSR count). The standard InChI is InChI=1S/C23H30O7/c1-2-3-4-5-6-7-8-9-10-11-15(25)12-13-16-20(26)17(14-24)18-19(21(16)27)23(29)30-22(18)28/h10-11,14,22,26-28H,2-9,12-13H2,1H3/b11-10+/t22-/m0/s1. The fourth-order valence-electron chi connectivity index (χ4n) is 3.62. The number of ketones is 1. The van der Waals surface area contributed by atoms with Gasteiger partial charge in [-0.2, -0.15) is 0 Å². The maximum atomic E-state index is 12.1. The molecule has 164 valence electrons. The molecule has 7 nitrogen and oxygen atoms in total. The molecule has 1 aromatic rings. The molecule has 3 N–H and O–H groups in total. The Balaban J connectivity index is 1.90. The predicted molar refractivity (Wildman–Crippen MR) is 111 cm³/mol. The lowest BCUT2D eigenvalue weighted by Gasteiger charge is -2.13. The molecule has 0 unspecified atom stereocenters. The summed E-state index contributed by atoms with van der Waals surface area (Å²) >= 11 is 0. The van der Waals surface area contributed by atoms with Crippen molar-refractivity contribution >= 4 is 18.0 Å². The van der Waals surface area contributed by atoms with Gasteiger partial charge in [-0.25, -0.2) is 4.79 Å². The van der Waals surface area contributed by atoms with Gasteiger partial charge in [-0.3, -0.25) is 9.59 Å². The fourth-order valence-corrected chi connectivity index (χ4v) is 3.62. The number of aliphatic hydroxyl groups excluding tert-OH is 1. The molecule has 1 aliphatic heterocycles. The van der Waals surface area contributed by atoms with E-state index >= 15 is 0 Å². The number of carbonyl (C=O) groups is 3. The topological polar surface area (TPSA) is 121 Å². The van der Waals surface area contributed by atoms with Crippen molar-refractivity contribution < 1.29 is 34.4 Å². The number of esters is 1. The largest absolute Gasteiger partial charge is 0.507 e. The smallest absolute Gasteiger partial charge is 0.345 e. The number of aliphatic hydroxyl groups is 1. The lowest BCUT2D eigenvalue weighted by molar-refractivity contribution is -0.114. The average Bonchev–Trinajstić information content (AvgIpc) is 3.01. The van der Waals surface area contributed by atoms with Gasteiger partial charge in [0.05, 0.1) is 11.1 Å². The number of cyclic esters (lactones) is 1. The average molecular weight is 418 g/mol. The summed E-state index contributed by atoms with van der Waals surface area (Å²) < 4.78 is 4.61. The molecule has 0 spiro atoms. The second kappa shape index (κ2) is 11.5. The van der Waals surface area contributed by atoms with Crippen LogP contribution in [0.15, 0.2) is 12.2 Å². The summed E-state index contributed by atoms with van der Waals surface area (Å²) in [5.41, 5.74) is -1.01. The number of unbranched alkanes of at least 4 members (excludes halogenated alkanes) is 7. The van der Waals surface area contributed by atoms with E-state index in [4.69, 9.17) is 0 Å². The van der Waals surface area contributed by atoms with Gasteiger partial charge in [-0.05, 0) is 25.3 Å². The molecular formula is C23H30O7. The lowest BCUT2D eigenvalue weighted by atomic mass is 9.93. The van der Waals surface area contributed by atoms with E-state index in [-0.39, 0.29) is 47.2 Å². The van der Waals surface area contributed by atoms with Crippen molar-refractivity contribution in [2.45, 2.75) is 77.4 Å². The predicted octanol–water partition coefficient (Wildman–Crippen LogP) is 4.27. The molecule has 1 atom stereocenters. The van der Waals surface area contributed by atoms with Crippen molar-refractivity contribution in [3.8, 4) is 11.5 Å². The molecule has 0 saturated heterocycles. The molecule has 1 aromatic carbocycles. The minimum absolute atomic E-state index is 0.0106. The molecule has 1 heterocycles. The van der Waals surface area contributed by atoms with Crippen molar-refractivity contribution in [1.29, 1.82) is 0 Å². The van der Waals surface area contributed by atoms with Crippen LogP contribution in [0.4, 0.5) is 0 Å². The van der Waals surface area contributed by atoms with Crippen molar-refractivity contribution in [2.75, 3.05) is 0 Å². The number of rotatable bonds is 13. The lowest BCUT2D eigenvalue weighted by Crippen LogP contribution is -2.04. The van der Waals surface area contributed by atoms with Crippen LogP contribution in [0.25, 0.3) is 0 Å². The van der Waals surface area contributed by atoms with E-state index in [1.165, 1.54) is 38.2 Å². The Hall–Kier alpha value is -2.67. The number of fused-ring (bicyclic) bond motifs is 1. The highest BCUT2D eigenvalue weighted by Crippen LogP contribution is 2.44. The molecule has 0 bridgehead atoms. The third-order valence-corrected chi connectivity index (χ3v) is 5.31. The maximum Gasteiger partial charge on any atom is 0.345 e. The van der Waals surface area contributed by atoms with Crippen LogP contribution in [0.3, 0.4) is 0 Å². The van der Waals surface area contributed by atoms with E-state index in [0.29, 0.717) is 0 Å². The van der Waals surface area contributed by atoms with Gasteiger partial charge in [0.2, 0.25) is 6.29 Å². The number of aldehydes is 1. The normalized spacial score (nSPS) is 15.4. The number of phenolic OH excluding ortho intramolecular Hbond substituents is 2.